The molecule has 17 heavy (non-hydrogen) atoms. The molecule has 0 radical (unpaired) electrons. The molecule has 2 rings (SSSR count). The molecule has 3 heteroatoms. The van der Waals surface area contributed by atoms with E-state index in [0.29, 0.717) is 0 Å². The minimum absolute atomic E-state index is 0.220. The number of aryl methyl sites for hydroxylation is 1. The fraction of sp³-hybridized carbons (Fsp3) is 0.143. The van der Waals surface area contributed by atoms with Gasteiger partial charge < -0.3 is 9.90 Å². The first kappa shape index (κ1) is 12.9. The lowest BCUT2D eigenvalue weighted by atomic mass is 10.2. The highest BCUT2D eigenvalue weighted by molar-refractivity contribution is 5.85. The number of pyridine rings is 1. The predicted molar refractivity (Wildman–Crippen MR) is 63.1 cm³/mol. The van der Waals surface area contributed by atoms with E-state index < -0.39 is 5.97 Å². The summed E-state index contributed by atoms with van der Waals surface area (Å²) in [5.41, 5.74) is 0.220. The highest BCUT2D eigenvalue weighted by Crippen LogP contribution is 1.94. The summed E-state index contributed by atoms with van der Waals surface area (Å²) in [6.07, 6.45) is 4.11. The van der Waals surface area contributed by atoms with Crippen LogP contribution in [-0.2, 0) is 6.54 Å². The molecule has 0 bridgehead atoms. The molecule has 0 amide bonds. The van der Waals surface area contributed by atoms with Gasteiger partial charge in [-0.1, -0.05) is 36.4 Å². The third-order valence-electron chi connectivity index (χ3n) is 2.15. The van der Waals surface area contributed by atoms with E-state index in [1.54, 1.807) is 18.2 Å². The molecule has 3 nitrogen and oxygen atoms in total. The van der Waals surface area contributed by atoms with Crippen molar-refractivity contribution in [3.63, 3.8) is 0 Å². The number of benzene rings is 1. The normalized spacial score (nSPS) is 9.00. The Morgan fingerprint density at radius 3 is 1.94 bits per heavy atom. The second-order valence-corrected chi connectivity index (χ2v) is 3.36. The number of carboxylic acids is 1. The van der Waals surface area contributed by atoms with Crippen molar-refractivity contribution < 1.29 is 14.5 Å². The number of hydrogen-bond acceptors (Lipinski definition) is 2. The first-order valence-electron chi connectivity index (χ1n) is 5.44. The summed E-state index contributed by atoms with van der Waals surface area (Å²) in [7, 11) is 0. The fourth-order valence-electron chi connectivity index (χ4n) is 1.22. The van der Waals surface area contributed by atoms with Gasteiger partial charge in [-0.25, -0.2) is 4.57 Å². The van der Waals surface area contributed by atoms with Crippen molar-refractivity contribution in [3.8, 4) is 0 Å². The van der Waals surface area contributed by atoms with Crippen LogP contribution in [-0.4, -0.2) is 5.97 Å². The maximum Gasteiger partial charge on any atom is 0.168 e. The quantitative estimate of drug-likeness (QED) is 0.722. The maximum absolute atomic E-state index is 10.1. The highest BCUT2D eigenvalue weighted by atomic mass is 16.4. The van der Waals surface area contributed by atoms with Crippen molar-refractivity contribution in [2.24, 2.45) is 0 Å². The fourth-order valence-corrected chi connectivity index (χ4v) is 1.22. The first-order chi connectivity index (χ1) is 8.24. The van der Waals surface area contributed by atoms with Crippen molar-refractivity contribution >= 4 is 5.97 Å². The second-order valence-electron chi connectivity index (χ2n) is 3.36. The van der Waals surface area contributed by atoms with Crippen molar-refractivity contribution in [2.75, 3.05) is 0 Å². The minimum atomic E-state index is -1.13. The van der Waals surface area contributed by atoms with Crippen molar-refractivity contribution in [3.05, 3.63) is 66.5 Å². The molecule has 0 aliphatic rings. The topological polar surface area (TPSA) is 44.0 Å². The van der Waals surface area contributed by atoms with Crippen LogP contribution in [0.3, 0.4) is 0 Å². The van der Waals surface area contributed by atoms with Crippen LogP contribution in [0.15, 0.2) is 60.9 Å². The number of carboxylic acid groups (broad SMARTS) is 1. The molecular formula is C14H15NO2. The van der Waals surface area contributed by atoms with Gasteiger partial charge in [0, 0.05) is 12.1 Å². The van der Waals surface area contributed by atoms with Crippen LogP contribution in [0.1, 0.15) is 17.3 Å². The van der Waals surface area contributed by atoms with Gasteiger partial charge >= 0.3 is 0 Å². The average molecular weight is 229 g/mol. The Balaban J connectivity index is 0.000000171. The third kappa shape index (κ3) is 4.93. The summed E-state index contributed by atoms with van der Waals surface area (Å²) in [4.78, 5) is 10.1. The van der Waals surface area contributed by atoms with E-state index in [-0.39, 0.29) is 5.56 Å². The van der Waals surface area contributed by atoms with Crippen LogP contribution in [0.25, 0.3) is 0 Å². The molecule has 88 valence electrons. The molecule has 0 fully saturated rings. The van der Waals surface area contributed by atoms with Crippen LogP contribution >= 0.6 is 0 Å². The summed E-state index contributed by atoms with van der Waals surface area (Å²) in [5.74, 6) is -1.13. The Labute approximate surface area is 101 Å². The van der Waals surface area contributed by atoms with Crippen LogP contribution in [0.2, 0.25) is 0 Å². The number of carbonyl (C=O) groups is 1. The lowest BCUT2D eigenvalue weighted by molar-refractivity contribution is -0.693. The van der Waals surface area contributed by atoms with E-state index in [0.717, 1.165) is 6.54 Å². The standard InChI is InChI=1S/C7H10N.C7H6O2/c1-2-8-6-4-3-5-7-8;8-7(9)6-4-2-1-3-5-6/h3-7H,2H2,1H3;1-5H,(H,8,9)/q+1;/p-1. The summed E-state index contributed by atoms with van der Waals surface area (Å²) in [6.45, 7) is 3.18. The molecule has 1 aromatic carbocycles. The predicted octanol–water partition coefficient (Wildman–Crippen LogP) is 1.04. The van der Waals surface area contributed by atoms with Gasteiger partial charge in [0.25, 0.3) is 0 Å². The number of hydrogen-bond donors (Lipinski definition) is 0. The molecule has 2 aromatic rings. The molecule has 1 heterocycles. The second kappa shape index (κ2) is 7.17. The zero-order valence-electron chi connectivity index (χ0n) is 9.74. The van der Waals surface area contributed by atoms with E-state index in [1.165, 1.54) is 12.1 Å². The molecule has 0 aliphatic carbocycles. The molecule has 0 aliphatic heterocycles. The molecule has 0 unspecified atom stereocenters. The molecule has 1 aromatic heterocycles. The van der Waals surface area contributed by atoms with Crippen LogP contribution in [0, 0.1) is 0 Å². The zero-order chi connectivity index (χ0) is 12.5. The van der Waals surface area contributed by atoms with E-state index in [4.69, 9.17) is 0 Å². The van der Waals surface area contributed by atoms with Gasteiger partial charge in [0.2, 0.25) is 0 Å². The molecule has 0 saturated heterocycles. The largest absolute Gasteiger partial charge is 0.545 e. The Hall–Kier alpha value is -2.16. The Morgan fingerprint density at radius 2 is 1.59 bits per heavy atom. The summed E-state index contributed by atoms with van der Waals surface area (Å²) in [6, 6.07) is 14.1. The van der Waals surface area contributed by atoms with E-state index >= 15 is 0 Å². The van der Waals surface area contributed by atoms with Crippen molar-refractivity contribution in [2.45, 2.75) is 13.5 Å². The Morgan fingerprint density at radius 1 is 1.06 bits per heavy atom. The zero-order valence-corrected chi connectivity index (χ0v) is 9.74. The lowest BCUT2D eigenvalue weighted by Crippen LogP contribution is -2.30. The van der Waals surface area contributed by atoms with Crippen molar-refractivity contribution in [1.82, 2.24) is 0 Å². The van der Waals surface area contributed by atoms with Crippen LogP contribution in [0.5, 0.6) is 0 Å². The smallest absolute Gasteiger partial charge is 0.168 e. The number of nitrogens with zero attached hydrogens (tertiary/aromatic N) is 1. The van der Waals surface area contributed by atoms with E-state index in [2.05, 4.69) is 23.9 Å². The highest BCUT2D eigenvalue weighted by Gasteiger charge is 1.86. The van der Waals surface area contributed by atoms with E-state index in [1.807, 2.05) is 18.2 Å². The van der Waals surface area contributed by atoms with Crippen molar-refractivity contribution in [1.29, 1.82) is 0 Å². The summed E-state index contributed by atoms with van der Waals surface area (Å²) >= 11 is 0. The summed E-state index contributed by atoms with van der Waals surface area (Å²) < 4.78 is 2.12. The number of aromatic carboxylic acids is 1. The van der Waals surface area contributed by atoms with Gasteiger partial charge in [0.15, 0.2) is 12.4 Å². The van der Waals surface area contributed by atoms with Gasteiger partial charge in [-0.05, 0) is 12.5 Å². The molecule has 0 saturated carbocycles. The third-order valence-corrected chi connectivity index (χ3v) is 2.15. The van der Waals surface area contributed by atoms with Gasteiger partial charge in [-0.15, -0.1) is 0 Å². The maximum atomic E-state index is 10.1. The number of rotatable bonds is 2. The Bertz CT molecular complexity index is 440. The van der Waals surface area contributed by atoms with Crippen LogP contribution in [0.4, 0.5) is 0 Å². The van der Waals surface area contributed by atoms with Gasteiger partial charge in [0.1, 0.15) is 6.54 Å². The molecule has 0 N–H and O–H groups in total. The van der Waals surface area contributed by atoms with Gasteiger partial charge in [-0.3, -0.25) is 0 Å². The lowest BCUT2D eigenvalue weighted by Gasteiger charge is -1.97. The minimum Gasteiger partial charge on any atom is -0.545 e. The average Bonchev–Trinajstić information content (AvgIpc) is 2.41. The van der Waals surface area contributed by atoms with Gasteiger partial charge in [0.05, 0.1) is 5.97 Å². The summed E-state index contributed by atoms with van der Waals surface area (Å²) in [5, 5.41) is 10.1. The molecule has 0 atom stereocenters. The monoisotopic (exact) mass is 229 g/mol. The molecular weight excluding hydrogens is 214 g/mol. The van der Waals surface area contributed by atoms with Gasteiger partial charge in [-0.2, -0.15) is 0 Å². The number of carbonyl (C=O) groups excluding carboxylic acids is 1. The number of aromatic nitrogens is 1. The Kier molecular flexibility index (Phi) is 5.44. The van der Waals surface area contributed by atoms with Crippen LogP contribution < -0.4 is 9.67 Å². The van der Waals surface area contributed by atoms with E-state index in [9.17, 15) is 9.90 Å². The molecule has 0 spiro atoms. The first-order valence-corrected chi connectivity index (χ1v) is 5.44. The SMILES string of the molecule is CC[n+]1ccccc1.O=C([O-])c1ccccc1.